The van der Waals surface area contributed by atoms with Gasteiger partial charge in [0.25, 0.3) is 5.91 Å². The number of carbonyl (C=O) groups is 2. The zero-order valence-corrected chi connectivity index (χ0v) is 19.7. The molecule has 0 saturated carbocycles. The van der Waals surface area contributed by atoms with Crippen molar-refractivity contribution in [3.8, 4) is 0 Å². The maximum absolute atomic E-state index is 12.7. The van der Waals surface area contributed by atoms with E-state index in [0.29, 0.717) is 42.6 Å². The molecule has 4 aromatic rings. The number of amides is 2. The number of nitrogens with zero attached hydrogens (tertiary/aromatic N) is 4. The monoisotopic (exact) mass is 495 g/mol. The molecule has 3 heterocycles. The first kappa shape index (κ1) is 22.2. The lowest BCUT2D eigenvalue weighted by Gasteiger charge is -2.34. The second-order valence-corrected chi connectivity index (χ2v) is 9.14. The molecule has 174 valence electrons. The van der Waals surface area contributed by atoms with Gasteiger partial charge in [0.05, 0.1) is 18.3 Å². The molecule has 1 aliphatic heterocycles. The standard InChI is InChI=1S/C23H22ClN7O2S/c24-16-1-3-17(4-2-16)25-13-21(32)30-7-9-31(10-8-30)23-28-20(14-34-23)22(33)27-18-5-6-19-15(11-18)12-26-29-19/h1-6,11-12,14,25H,7-10,13H2,(H,26,29)(H,27,33). The van der Waals surface area contributed by atoms with E-state index in [9.17, 15) is 9.59 Å². The maximum atomic E-state index is 12.7. The highest BCUT2D eigenvalue weighted by Crippen LogP contribution is 2.23. The first-order valence-electron chi connectivity index (χ1n) is 10.8. The predicted molar refractivity (Wildman–Crippen MR) is 135 cm³/mol. The van der Waals surface area contributed by atoms with Crippen LogP contribution in [0.4, 0.5) is 16.5 Å². The van der Waals surface area contributed by atoms with Crippen LogP contribution in [0.15, 0.2) is 54.0 Å². The van der Waals surface area contributed by atoms with E-state index < -0.39 is 0 Å². The summed E-state index contributed by atoms with van der Waals surface area (Å²) in [5, 5.41) is 17.0. The fraction of sp³-hybridized carbons (Fsp3) is 0.217. The third-order valence-electron chi connectivity index (χ3n) is 5.61. The number of anilines is 3. The molecule has 1 fully saturated rings. The zero-order valence-electron chi connectivity index (χ0n) is 18.1. The number of H-pyrrole nitrogens is 1. The van der Waals surface area contributed by atoms with Crippen molar-refractivity contribution in [1.82, 2.24) is 20.1 Å². The largest absolute Gasteiger partial charge is 0.376 e. The van der Waals surface area contributed by atoms with Crippen LogP contribution in [0.3, 0.4) is 0 Å². The van der Waals surface area contributed by atoms with Gasteiger partial charge in [-0.05, 0) is 42.5 Å². The van der Waals surface area contributed by atoms with Crippen LogP contribution in [0.1, 0.15) is 10.5 Å². The van der Waals surface area contributed by atoms with Crippen molar-refractivity contribution in [2.45, 2.75) is 0 Å². The number of fused-ring (bicyclic) bond motifs is 1. The minimum absolute atomic E-state index is 0.0448. The van der Waals surface area contributed by atoms with Crippen molar-refractivity contribution >= 4 is 62.2 Å². The van der Waals surface area contributed by atoms with Gasteiger partial charge in [-0.1, -0.05) is 11.6 Å². The normalized spacial score (nSPS) is 13.8. The number of nitrogens with one attached hydrogen (secondary N) is 3. The molecule has 34 heavy (non-hydrogen) atoms. The fourth-order valence-electron chi connectivity index (χ4n) is 3.73. The Bertz CT molecular complexity index is 1310. The quantitative estimate of drug-likeness (QED) is 0.377. The molecule has 0 spiro atoms. The van der Waals surface area contributed by atoms with E-state index in [4.69, 9.17) is 11.6 Å². The molecule has 2 aromatic heterocycles. The van der Waals surface area contributed by atoms with Crippen LogP contribution >= 0.6 is 22.9 Å². The smallest absolute Gasteiger partial charge is 0.275 e. The first-order chi connectivity index (χ1) is 16.5. The van der Waals surface area contributed by atoms with Crippen molar-refractivity contribution in [3.05, 3.63) is 64.8 Å². The van der Waals surface area contributed by atoms with Gasteiger partial charge in [0.1, 0.15) is 5.69 Å². The van der Waals surface area contributed by atoms with Crippen LogP contribution in [0.25, 0.3) is 10.9 Å². The molecule has 1 aliphatic rings. The van der Waals surface area contributed by atoms with Crippen LogP contribution in [0.2, 0.25) is 5.02 Å². The Hall–Kier alpha value is -3.63. The van der Waals surface area contributed by atoms with Gasteiger partial charge in [0.15, 0.2) is 5.13 Å². The summed E-state index contributed by atoms with van der Waals surface area (Å²) in [6, 6.07) is 12.8. The average Bonchev–Trinajstić information content (AvgIpc) is 3.53. The van der Waals surface area contributed by atoms with Crippen LogP contribution in [-0.2, 0) is 4.79 Å². The minimum atomic E-state index is -0.257. The molecule has 2 aromatic carbocycles. The highest BCUT2D eigenvalue weighted by molar-refractivity contribution is 7.14. The van der Waals surface area contributed by atoms with E-state index in [1.165, 1.54) is 11.3 Å². The average molecular weight is 496 g/mol. The number of hydrogen-bond acceptors (Lipinski definition) is 7. The van der Waals surface area contributed by atoms with Crippen LogP contribution < -0.4 is 15.5 Å². The third-order valence-corrected chi connectivity index (χ3v) is 6.77. The molecule has 0 unspecified atom stereocenters. The predicted octanol–water partition coefficient (Wildman–Crippen LogP) is 3.69. The second-order valence-electron chi connectivity index (χ2n) is 7.87. The molecule has 0 bridgehead atoms. The lowest BCUT2D eigenvalue weighted by molar-refractivity contribution is -0.129. The molecule has 2 amide bonds. The fourth-order valence-corrected chi connectivity index (χ4v) is 4.72. The number of benzene rings is 2. The molecule has 9 nitrogen and oxygen atoms in total. The maximum Gasteiger partial charge on any atom is 0.275 e. The van der Waals surface area contributed by atoms with Crippen molar-refractivity contribution < 1.29 is 9.59 Å². The van der Waals surface area contributed by atoms with E-state index >= 15 is 0 Å². The van der Waals surface area contributed by atoms with E-state index in [0.717, 1.165) is 21.7 Å². The summed E-state index contributed by atoms with van der Waals surface area (Å²) in [6.07, 6.45) is 1.71. The molecule has 0 atom stereocenters. The Morgan fingerprint density at radius 3 is 2.62 bits per heavy atom. The number of halogens is 1. The van der Waals surface area contributed by atoms with Crippen LogP contribution in [0, 0.1) is 0 Å². The Morgan fingerprint density at radius 2 is 1.82 bits per heavy atom. The van der Waals surface area contributed by atoms with Gasteiger partial charge in [0, 0.05) is 53.3 Å². The van der Waals surface area contributed by atoms with E-state index in [1.807, 2.05) is 35.2 Å². The van der Waals surface area contributed by atoms with Gasteiger partial charge in [-0.25, -0.2) is 4.98 Å². The summed E-state index contributed by atoms with van der Waals surface area (Å²) in [7, 11) is 0. The third kappa shape index (κ3) is 4.97. The Labute approximate surface area is 204 Å². The van der Waals surface area contributed by atoms with Crippen LogP contribution in [0.5, 0.6) is 0 Å². The first-order valence-corrected chi connectivity index (χ1v) is 12.0. The SMILES string of the molecule is O=C(Nc1ccc2[nH]ncc2c1)c1csc(N2CCN(C(=O)CNc3ccc(Cl)cc3)CC2)n1. The zero-order chi connectivity index (χ0) is 23.5. The minimum Gasteiger partial charge on any atom is -0.376 e. The van der Waals surface area contributed by atoms with Crippen molar-refractivity contribution in [3.63, 3.8) is 0 Å². The van der Waals surface area contributed by atoms with Crippen LogP contribution in [-0.4, -0.2) is 64.6 Å². The Balaban J connectivity index is 1.12. The van der Waals surface area contributed by atoms with Gasteiger partial charge in [-0.2, -0.15) is 5.10 Å². The summed E-state index contributed by atoms with van der Waals surface area (Å²) in [4.78, 5) is 33.7. The van der Waals surface area contributed by atoms with Gasteiger partial charge < -0.3 is 20.4 Å². The van der Waals surface area contributed by atoms with Gasteiger partial charge in [0.2, 0.25) is 5.91 Å². The summed E-state index contributed by atoms with van der Waals surface area (Å²) in [6.45, 7) is 2.77. The molecule has 0 aliphatic carbocycles. The summed E-state index contributed by atoms with van der Waals surface area (Å²) in [5.74, 6) is -0.212. The number of carbonyl (C=O) groups excluding carboxylic acids is 2. The van der Waals surface area contributed by atoms with E-state index in [1.54, 1.807) is 23.7 Å². The Morgan fingerprint density at radius 1 is 1.06 bits per heavy atom. The molecule has 5 rings (SSSR count). The molecular weight excluding hydrogens is 474 g/mol. The van der Waals surface area contributed by atoms with Crippen molar-refractivity contribution in [2.75, 3.05) is 48.3 Å². The second kappa shape index (κ2) is 9.70. The number of rotatable bonds is 6. The topological polar surface area (TPSA) is 106 Å². The summed E-state index contributed by atoms with van der Waals surface area (Å²) < 4.78 is 0. The van der Waals surface area contributed by atoms with Gasteiger partial charge >= 0.3 is 0 Å². The lowest BCUT2D eigenvalue weighted by Crippen LogP contribution is -2.50. The molecular formula is C23H22ClN7O2S. The van der Waals surface area contributed by atoms with E-state index in [-0.39, 0.29) is 18.4 Å². The van der Waals surface area contributed by atoms with E-state index in [2.05, 4.69) is 30.7 Å². The van der Waals surface area contributed by atoms with Crippen molar-refractivity contribution in [1.29, 1.82) is 0 Å². The van der Waals surface area contributed by atoms with Gasteiger partial charge in [-0.15, -0.1) is 11.3 Å². The number of aromatic nitrogens is 3. The molecule has 11 heteroatoms. The Kier molecular flexibility index (Phi) is 6.33. The number of hydrogen-bond donors (Lipinski definition) is 3. The summed E-state index contributed by atoms with van der Waals surface area (Å²) >= 11 is 7.32. The highest BCUT2D eigenvalue weighted by Gasteiger charge is 2.23. The lowest BCUT2D eigenvalue weighted by atomic mass is 10.2. The number of piperazine rings is 1. The number of aromatic amines is 1. The van der Waals surface area contributed by atoms with Crippen molar-refractivity contribution in [2.24, 2.45) is 0 Å². The number of thiazole rings is 1. The molecule has 0 radical (unpaired) electrons. The summed E-state index contributed by atoms with van der Waals surface area (Å²) in [5.41, 5.74) is 2.83. The van der Waals surface area contributed by atoms with Gasteiger partial charge in [-0.3, -0.25) is 14.7 Å². The molecule has 3 N–H and O–H groups in total. The highest BCUT2D eigenvalue weighted by atomic mass is 35.5. The molecule has 1 saturated heterocycles.